The zero-order valence-electron chi connectivity index (χ0n) is 71.9. The molecule has 0 bridgehead atoms. The van der Waals surface area contributed by atoms with Crippen LogP contribution in [0, 0.1) is 0 Å². The lowest BCUT2D eigenvalue weighted by Gasteiger charge is -2.11. The highest BCUT2D eigenvalue weighted by atomic mass is 35.5. The minimum atomic E-state index is -0.814. The van der Waals surface area contributed by atoms with E-state index in [4.69, 9.17) is 68.2 Å². The van der Waals surface area contributed by atoms with E-state index in [1.807, 2.05) is 204 Å². The summed E-state index contributed by atoms with van der Waals surface area (Å²) in [6, 6.07) is 86.0. The number of nitrogens with zero attached hydrogens (tertiary/aromatic N) is 9. The number of likely N-dealkylation sites (N-methyl/N-ethyl adjacent to an activating group) is 3. The number of benzene rings is 12. The zero-order chi connectivity index (χ0) is 89.6. The molecular formula is C101H99ClN18O8. The van der Waals surface area contributed by atoms with Crippen LogP contribution in [0.3, 0.4) is 0 Å². The number of rotatable bonds is 21. The summed E-state index contributed by atoms with van der Waals surface area (Å²) in [6.07, 6.45) is 3.30. The number of ether oxygens (including phenoxy) is 3. The van der Waals surface area contributed by atoms with Crippen LogP contribution in [0.4, 0.5) is 92.2 Å². The van der Waals surface area contributed by atoms with Gasteiger partial charge in [-0.05, 0) is 255 Å². The highest BCUT2D eigenvalue weighted by Crippen LogP contribution is 2.39. The van der Waals surface area contributed by atoms with Crippen molar-refractivity contribution in [2.24, 2.45) is 35.7 Å². The second kappa shape index (κ2) is 42.6. The molecular weight excluding hydrogens is 1630 g/mol. The first-order valence-corrected chi connectivity index (χ1v) is 42.2. The van der Waals surface area contributed by atoms with E-state index in [0.29, 0.717) is 67.4 Å². The van der Waals surface area contributed by atoms with Crippen LogP contribution in [0.25, 0.3) is 0 Å². The summed E-state index contributed by atoms with van der Waals surface area (Å²) in [7, 11) is 11.9. The van der Waals surface area contributed by atoms with E-state index in [0.717, 1.165) is 186 Å². The number of nitrogens with two attached hydrogens (primary N) is 3. The van der Waals surface area contributed by atoms with Crippen LogP contribution in [0.15, 0.2) is 303 Å². The Labute approximate surface area is 748 Å². The van der Waals surface area contributed by atoms with Gasteiger partial charge in [-0.15, -0.1) is 0 Å². The van der Waals surface area contributed by atoms with Crippen molar-refractivity contribution in [2.75, 3.05) is 114 Å². The predicted octanol–water partition coefficient (Wildman–Crippen LogP) is 18.8. The van der Waals surface area contributed by atoms with Gasteiger partial charge in [0.05, 0.1) is 68.4 Å². The van der Waals surface area contributed by atoms with Gasteiger partial charge in [-0.2, -0.15) is 0 Å². The van der Waals surface area contributed by atoms with Gasteiger partial charge in [0.15, 0.2) is 0 Å². The van der Waals surface area contributed by atoms with Crippen molar-refractivity contribution in [1.29, 1.82) is 0 Å². The van der Waals surface area contributed by atoms with E-state index in [9.17, 15) is 24.0 Å². The van der Waals surface area contributed by atoms with E-state index in [2.05, 4.69) is 114 Å². The lowest BCUT2D eigenvalue weighted by molar-refractivity contribution is 0.214. The van der Waals surface area contributed by atoms with Crippen molar-refractivity contribution >= 4 is 144 Å². The van der Waals surface area contributed by atoms with Gasteiger partial charge in [0.2, 0.25) is 0 Å². The molecule has 6 amide bonds. The van der Waals surface area contributed by atoms with Gasteiger partial charge in [-0.25, -0.2) is 24.0 Å². The second-order valence-electron chi connectivity index (χ2n) is 31.6. The molecule has 0 atom stereocenters. The van der Waals surface area contributed by atoms with Crippen LogP contribution < -0.4 is 63.3 Å². The van der Waals surface area contributed by atoms with Crippen molar-refractivity contribution in [3.63, 3.8) is 0 Å². The molecule has 0 unspecified atom stereocenters. The largest absolute Gasteiger partial charge is 0.417 e. The van der Waals surface area contributed by atoms with Crippen LogP contribution in [0.1, 0.15) is 66.8 Å². The molecule has 0 spiro atoms. The molecule has 0 aromatic heterocycles. The van der Waals surface area contributed by atoms with Gasteiger partial charge in [-0.3, -0.25) is 40.6 Å². The Bertz CT molecular complexity index is 5900. The van der Waals surface area contributed by atoms with Crippen molar-refractivity contribution in [2.45, 2.75) is 38.5 Å². The minimum Gasteiger partial charge on any atom is -0.415 e. The molecule has 12 aromatic rings. The molecule has 128 heavy (non-hydrogen) atoms. The third-order valence-corrected chi connectivity index (χ3v) is 21.1. The molecule has 12 N–H and O–H groups in total. The van der Waals surface area contributed by atoms with Crippen molar-refractivity contribution < 1.29 is 38.2 Å². The van der Waals surface area contributed by atoms with E-state index >= 15 is 0 Å². The maximum Gasteiger partial charge on any atom is 0.417 e. The summed E-state index contributed by atoms with van der Waals surface area (Å²) in [5.41, 5.74) is 45.4. The quantitative estimate of drug-likeness (QED) is 0.0239. The zero-order valence-corrected chi connectivity index (χ0v) is 72.6. The number of para-hydroxylation sites is 3. The summed E-state index contributed by atoms with van der Waals surface area (Å²) in [6.45, 7) is 4.47. The Kier molecular flexibility index (Phi) is 29.7. The number of anilines is 6. The standard InChI is InChI=1S/C36H26N4O4.C32H38N8O2.C22H18N4.C7H5ClO2.C4H12N2/c41-35(43-29-7-3-1-4-8-29)37-27-15-17-31-25(19-27)21-33(39-31)23-11-13-24(14-12-23)34-22-26-20-28(16-18-32(26)40-34)38-36(42)44-30-9-5-2-6-10-30;1-39(2)15-13-33-31(41)35-25-9-11-27-23(17-25)19-29(37-27)21-5-7-22(8-6-21)30-20-24-18-26(10-12-28(24)38-30)36-32(42)34-14-16-40(3)4;23-17-5-7-19-15(9-17)11-21(25-19)13-1-2-14(4-3-13)22-12-16-10-18(24)6-8-20(16)26-22;8-7(9)10-6-4-2-1-3-5-6;1-6(2)4-3-5/h1-20H,21-22H2,(H,37,41)(H,38,42);5-12,17-18H,13-16,19-20H2,1-4H3,(H2,33,35,41)(H2,34,36,42);1-10H,11-12,23-24H2;1-5H;3-5H2,1-2H3. The third kappa shape index (κ3) is 24.9. The minimum absolute atomic E-state index is 0.211. The van der Waals surface area contributed by atoms with Gasteiger partial charge in [-0.1, -0.05) is 127 Å². The van der Waals surface area contributed by atoms with Crippen LogP contribution in [0.2, 0.25) is 0 Å². The molecule has 0 fully saturated rings. The molecule has 0 radical (unpaired) electrons. The van der Waals surface area contributed by atoms with Crippen molar-refractivity contribution in [1.82, 2.24) is 25.3 Å². The number of hydrogen-bond acceptors (Lipinski definition) is 20. The first-order chi connectivity index (χ1) is 62.0. The lowest BCUT2D eigenvalue weighted by Crippen LogP contribution is -2.34. The maximum atomic E-state index is 12.3. The normalized spacial score (nSPS) is 12.9. The molecule has 18 rings (SSSR count). The van der Waals surface area contributed by atoms with Gasteiger partial charge in [0.25, 0.3) is 0 Å². The third-order valence-electron chi connectivity index (χ3n) is 21.0. The van der Waals surface area contributed by atoms with Crippen molar-refractivity contribution in [3.8, 4) is 17.2 Å². The number of hydrogen-bond donors (Lipinski definition) is 9. The number of nitrogens with one attached hydrogen (secondary N) is 6. The molecule has 6 aliphatic heterocycles. The van der Waals surface area contributed by atoms with Crippen LogP contribution in [-0.4, -0.2) is 160 Å². The van der Waals surface area contributed by atoms with Gasteiger partial charge >= 0.3 is 29.7 Å². The molecule has 12 aromatic carbocycles. The molecule has 0 saturated carbocycles. The Morgan fingerprint density at radius 1 is 0.312 bits per heavy atom. The number of nitrogen functional groups attached to an aromatic ring is 2. The highest BCUT2D eigenvalue weighted by molar-refractivity contribution is 6.61. The molecule has 6 heterocycles. The van der Waals surface area contributed by atoms with Gasteiger partial charge in [0, 0.05) is 124 Å². The predicted molar refractivity (Wildman–Crippen MR) is 515 cm³/mol. The monoisotopic (exact) mass is 1730 g/mol. The van der Waals surface area contributed by atoms with Crippen LogP contribution in [0.5, 0.6) is 17.2 Å². The Balaban J connectivity index is 0.000000146. The number of aliphatic imine (C=N–C) groups is 6. The molecule has 0 aliphatic carbocycles. The van der Waals surface area contributed by atoms with Crippen LogP contribution >= 0.6 is 11.6 Å². The summed E-state index contributed by atoms with van der Waals surface area (Å²) in [5.74, 6) is 1.42. The molecule has 648 valence electrons. The number of fused-ring (bicyclic) bond motifs is 6. The fraction of sp³-hybridized carbons (Fsp3) is 0.178. The summed E-state index contributed by atoms with van der Waals surface area (Å²) < 4.78 is 15.2. The highest BCUT2D eigenvalue weighted by Gasteiger charge is 2.25. The molecule has 6 aliphatic rings. The number of urea groups is 2. The van der Waals surface area contributed by atoms with Crippen molar-refractivity contribution in [3.05, 3.63) is 340 Å². The average Bonchev–Trinajstić information content (AvgIpc) is 1.67. The number of halogens is 1. The van der Waals surface area contributed by atoms with E-state index < -0.39 is 17.6 Å². The summed E-state index contributed by atoms with van der Waals surface area (Å²) in [5, 5.41) is 17.1. The SMILES string of the molecule is CN(C)CCN.CN(C)CCNC(=O)Nc1ccc2c(c1)CC(c1ccc(C3=Nc4ccc(NC(=O)NCCN(C)C)cc4C3)cc1)=N2.Nc1ccc2c(c1)CC(c1ccc(C3=Nc4ccc(N)cc4C3)cc1)=N2.O=C(Cl)Oc1ccccc1.O=C(Nc1ccc2c(c1)CC(c1ccc(C3=Nc4ccc(NC(=O)Oc5ccccc5)cc4C3)cc1)=N2)Oc1ccccc1. The number of amides is 6. The Morgan fingerprint density at radius 3 is 0.797 bits per heavy atom. The molecule has 27 heteroatoms. The fourth-order valence-corrected chi connectivity index (χ4v) is 14.7. The smallest absolute Gasteiger partial charge is 0.415 e. The van der Waals surface area contributed by atoms with Gasteiger partial charge in [0.1, 0.15) is 17.2 Å². The number of carbonyl (C=O) groups excluding carboxylic acids is 5. The molecule has 0 saturated heterocycles. The lowest BCUT2D eigenvalue weighted by atomic mass is 9.99. The summed E-state index contributed by atoms with van der Waals surface area (Å²) >= 11 is 4.95. The topological polar surface area (TPSA) is 347 Å². The van der Waals surface area contributed by atoms with Crippen LogP contribution in [-0.2, 0) is 38.5 Å². The fourth-order valence-electron chi connectivity index (χ4n) is 14.6. The summed E-state index contributed by atoms with van der Waals surface area (Å²) in [4.78, 5) is 94.1. The average molecular weight is 1730 g/mol. The first kappa shape index (κ1) is 89.2. The number of carbonyl (C=O) groups is 5. The molecule has 26 nitrogen and oxygen atoms in total. The van der Waals surface area contributed by atoms with Gasteiger partial charge < -0.3 is 67.4 Å². The van der Waals surface area contributed by atoms with E-state index in [1.54, 1.807) is 48.5 Å². The van der Waals surface area contributed by atoms with E-state index in [-0.39, 0.29) is 12.1 Å². The van der Waals surface area contributed by atoms with E-state index in [1.165, 1.54) is 11.1 Å². The Hall–Kier alpha value is -15.1. The first-order valence-electron chi connectivity index (χ1n) is 41.8. The maximum absolute atomic E-state index is 12.3. The second-order valence-corrected chi connectivity index (χ2v) is 31.9. The Morgan fingerprint density at radius 2 is 0.555 bits per heavy atom.